The number of methoxy groups -OCH3 is 1. The van der Waals surface area contributed by atoms with Gasteiger partial charge in [0.1, 0.15) is 5.75 Å². The van der Waals surface area contributed by atoms with Crippen molar-refractivity contribution in [3.8, 4) is 17.0 Å². The van der Waals surface area contributed by atoms with Gasteiger partial charge in [0.2, 0.25) is 0 Å². The molecule has 0 atom stereocenters. The van der Waals surface area contributed by atoms with E-state index in [1.165, 1.54) is 13.2 Å². The van der Waals surface area contributed by atoms with Crippen molar-refractivity contribution < 1.29 is 23.0 Å². The Bertz CT molecular complexity index is 1250. The average Bonchev–Trinajstić information content (AvgIpc) is 3.19. The van der Waals surface area contributed by atoms with E-state index in [-0.39, 0.29) is 12.1 Å². The van der Waals surface area contributed by atoms with Crippen LogP contribution < -0.4 is 15.8 Å². The van der Waals surface area contributed by atoms with Crippen LogP contribution in [0.4, 0.5) is 24.7 Å². The summed E-state index contributed by atoms with van der Waals surface area (Å²) in [4.78, 5) is 8.84. The van der Waals surface area contributed by atoms with Gasteiger partial charge in [-0.25, -0.2) is 9.97 Å². The summed E-state index contributed by atoms with van der Waals surface area (Å²) in [5.41, 5.74) is 8.05. The van der Waals surface area contributed by atoms with Crippen molar-refractivity contribution in [2.45, 2.75) is 12.6 Å². The SMILES string of the molecule is COc1cc(-c2cnc3c(NCCCO)nc4cc(C(F)(F)F)ccc4n23)ccc1N. The fourth-order valence-electron chi connectivity index (χ4n) is 3.39. The number of ether oxygens (including phenoxy) is 1. The highest BCUT2D eigenvalue weighted by Gasteiger charge is 2.31. The molecule has 4 aromatic rings. The van der Waals surface area contributed by atoms with Gasteiger partial charge in [-0.2, -0.15) is 13.2 Å². The molecule has 2 aromatic heterocycles. The van der Waals surface area contributed by atoms with E-state index in [0.717, 1.165) is 17.7 Å². The molecule has 0 aliphatic heterocycles. The van der Waals surface area contributed by atoms with Gasteiger partial charge < -0.3 is 20.9 Å². The molecule has 10 heteroatoms. The first-order valence-electron chi connectivity index (χ1n) is 9.50. The Balaban J connectivity index is 1.98. The van der Waals surface area contributed by atoms with Crippen molar-refractivity contribution in [2.75, 3.05) is 31.3 Å². The number of aromatic nitrogens is 3. The quantitative estimate of drug-likeness (QED) is 0.316. The van der Waals surface area contributed by atoms with Gasteiger partial charge in [0.25, 0.3) is 0 Å². The summed E-state index contributed by atoms with van der Waals surface area (Å²) in [7, 11) is 1.51. The predicted octanol–water partition coefficient (Wildman–Crippen LogP) is 3.95. The van der Waals surface area contributed by atoms with Crippen LogP contribution in [0.1, 0.15) is 12.0 Å². The minimum atomic E-state index is -4.49. The Morgan fingerprint density at radius 1 is 1.19 bits per heavy atom. The monoisotopic (exact) mass is 431 g/mol. The topological polar surface area (TPSA) is 97.7 Å². The van der Waals surface area contributed by atoms with Gasteiger partial charge >= 0.3 is 6.18 Å². The highest BCUT2D eigenvalue weighted by atomic mass is 19.4. The Morgan fingerprint density at radius 2 is 2.00 bits per heavy atom. The summed E-state index contributed by atoms with van der Waals surface area (Å²) < 4.78 is 46.8. The lowest BCUT2D eigenvalue weighted by Crippen LogP contribution is -2.09. The van der Waals surface area contributed by atoms with Gasteiger partial charge in [0.15, 0.2) is 11.5 Å². The Hall–Kier alpha value is -3.53. The molecule has 0 aliphatic carbocycles. The van der Waals surface area contributed by atoms with Crippen molar-refractivity contribution in [3.05, 3.63) is 48.2 Å². The summed E-state index contributed by atoms with van der Waals surface area (Å²) in [5, 5.41) is 12.1. The molecule has 0 radical (unpaired) electrons. The zero-order valence-electron chi connectivity index (χ0n) is 16.6. The van der Waals surface area contributed by atoms with Crippen LogP contribution in [-0.4, -0.2) is 39.7 Å². The van der Waals surface area contributed by atoms with Crippen molar-refractivity contribution in [1.82, 2.24) is 14.4 Å². The van der Waals surface area contributed by atoms with E-state index in [9.17, 15) is 13.2 Å². The molecule has 31 heavy (non-hydrogen) atoms. The molecule has 2 aromatic carbocycles. The maximum absolute atomic E-state index is 13.3. The Kier molecular flexibility index (Phi) is 5.32. The lowest BCUT2D eigenvalue weighted by molar-refractivity contribution is -0.137. The summed E-state index contributed by atoms with van der Waals surface area (Å²) in [5.74, 6) is 0.806. The van der Waals surface area contributed by atoms with Crippen LogP contribution in [0.25, 0.3) is 27.9 Å². The molecule has 0 aliphatic rings. The van der Waals surface area contributed by atoms with Crippen LogP contribution in [0, 0.1) is 0 Å². The molecule has 4 rings (SSSR count). The number of halogens is 3. The number of benzene rings is 2. The molecule has 0 fully saturated rings. The van der Waals surface area contributed by atoms with E-state index in [1.807, 2.05) is 0 Å². The molecule has 0 saturated heterocycles. The summed E-state index contributed by atoms with van der Waals surface area (Å²) in [6.45, 7) is 0.363. The smallest absolute Gasteiger partial charge is 0.416 e. The summed E-state index contributed by atoms with van der Waals surface area (Å²) >= 11 is 0. The first kappa shape index (κ1) is 20.7. The molecule has 7 nitrogen and oxygen atoms in total. The second kappa shape index (κ2) is 7.95. The number of rotatable bonds is 6. The maximum atomic E-state index is 13.3. The maximum Gasteiger partial charge on any atom is 0.416 e. The van der Waals surface area contributed by atoms with Gasteiger partial charge in [0, 0.05) is 18.7 Å². The zero-order chi connectivity index (χ0) is 22.2. The van der Waals surface area contributed by atoms with Crippen molar-refractivity contribution >= 4 is 28.2 Å². The minimum absolute atomic E-state index is 0.0278. The molecule has 0 spiro atoms. The first-order valence-corrected chi connectivity index (χ1v) is 9.50. The van der Waals surface area contributed by atoms with E-state index < -0.39 is 11.7 Å². The molecule has 0 amide bonds. The number of aliphatic hydroxyl groups is 1. The molecule has 0 bridgehead atoms. The minimum Gasteiger partial charge on any atom is -0.495 e. The lowest BCUT2D eigenvalue weighted by Gasteiger charge is -2.14. The molecule has 2 heterocycles. The fourth-order valence-corrected chi connectivity index (χ4v) is 3.39. The Morgan fingerprint density at radius 3 is 2.71 bits per heavy atom. The van der Waals surface area contributed by atoms with Crippen molar-refractivity contribution in [1.29, 1.82) is 0 Å². The van der Waals surface area contributed by atoms with E-state index in [0.29, 0.717) is 47.1 Å². The molecule has 0 saturated carbocycles. The third kappa shape index (κ3) is 3.81. The molecular weight excluding hydrogens is 411 g/mol. The van der Waals surface area contributed by atoms with Gasteiger partial charge in [-0.1, -0.05) is 6.07 Å². The molecule has 162 valence electrons. The van der Waals surface area contributed by atoms with Crippen LogP contribution in [-0.2, 0) is 6.18 Å². The number of nitrogens with zero attached hydrogens (tertiary/aromatic N) is 3. The summed E-state index contributed by atoms with van der Waals surface area (Å²) in [6, 6.07) is 8.65. The predicted molar refractivity (Wildman–Crippen MR) is 112 cm³/mol. The van der Waals surface area contributed by atoms with Gasteiger partial charge in [-0.3, -0.25) is 4.40 Å². The third-order valence-corrected chi connectivity index (χ3v) is 4.91. The largest absolute Gasteiger partial charge is 0.495 e. The van der Waals surface area contributed by atoms with Gasteiger partial charge in [-0.05, 0) is 36.8 Å². The number of nitrogen functional groups attached to an aromatic ring is 1. The first-order chi connectivity index (χ1) is 14.8. The number of anilines is 2. The molecule has 4 N–H and O–H groups in total. The van der Waals surface area contributed by atoms with Crippen molar-refractivity contribution in [3.63, 3.8) is 0 Å². The number of hydrogen-bond donors (Lipinski definition) is 3. The number of fused-ring (bicyclic) bond motifs is 3. The highest BCUT2D eigenvalue weighted by Crippen LogP contribution is 2.35. The van der Waals surface area contributed by atoms with E-state index in [1.54, 1.807) is 28.8 Å². The average molecular weight is 431 g/mol. The molecular formula is C21H20F3N5O2. The van der Waals surface area contributed by atoms with Gasteiger partial charge in [-0.15, -0.1) is 0 Å². The number of imidazole rings is 1. The van der Waals surface area contributed by atoms with Crippen LogP contribution in [0.15, 0.2) is 42.6 Å². The standard InChI is InChI=1S/C21H20F3N5O2/c1-31-18-9-12(3-5-14(18)25)17-11-27-20-19(26-7-2-8-30)28-15-10-13(21(22,23)24)4-6-16(15)29(17)20/h3-6,9-11,30H,2,7-8,25H2,1H3,(H,26,28). The number of alkyl halides is 3. The van der Waals surface area contributed by atoms with E-state index >= 15 is 0 Å². The highest BCUT2D eigenvalue weighted by molar-refractivity contribution is 5.87. The van der Waals surface area contributed by atoms with Gasteiger partial charge in [0.05, 0.1) is 41.3 Å². The fraction of sp³-hybridized carbons (Fsp3) is 0.238. The second-order valence-electron chi connectivity index (χ2n) is 6.92. The number of aliphatic hydroxyl groups excluding tert-OH is 1. The Labute approximate surface area is 175 Å². The lowest BCUT2D eigenvalue weighted by atomic mass is 10.1. The van der Waals surface area contributed by atoms with Crippen LogP contribution >= 0.6 is 0 Å². The normalized spacial score (nSPS) is 11.9. The van der Waals surface area contributed by atoms with E-state index in [2.05, 4.69) is 15.3 Å². The van der Waals surface area contributed by atoms with Crippen LogP contribution in [0.3, 0.4) is 0 Å². The number of hydrogen-bond acceptors (Lipinski definition) is 6. The van der Waals surface area contributed by atoms with E-state index in [4.69, 9.17) is 15.6 Å². The van der Waals surface area contributed by atoms with Crippen molar-refractivity contribution in [2.24, 2.45) is 0 Å². The summed E-state index contributed by atoms with van der Waals surface area (Å²) in [6.07, 6.45) is -2.41. The molecule has 0 unspecified atom stereocenters. The van der Waals surface area contributed by atoms with Crippen LogP contribution in [0.2, 0.25) is 0 Å². The number of nitrogens with two attached hydrogens (primary N) is 1. The zero-order valence-corrected chi connectivity index (χ0v) is 16.6. The van der Waals surface area contributed by atoms with Crippen LogP contribution in [0.5, 0.6) is 5.75 Å². The third-order valence-electron chi connectivity index (χ3n) is 4.91. The second-order valence-corrected chi connectivity index (χ2v) is 6.92. The number of nitrogens with one attached hydrogen (secondary N) is 1.